The molecule has 0 saturated heterocycles. The van der Waals surface area contributed by atoms with Crippen molar-refractivity contribution < 1.29 is 4.39 Å². The van der Waals surface area contributed by atoms with Gasteiger partial charge in [0.05, 0.1) is 5.02 Å². The molecule has 1 nitrogen and oxygen atoms in total. The van der Waals surface area contributed by atoms with Crippen molar-refractivity contribution in [2.24, 2.45) is 0 Å². The molecule has 2 rings (SSSR count). The van der Waals surface area contributed by atoms with Crippen LogP contribution in [0.5, 0.6) is 0 Å². The SMILES string of the molecule is CCNC(CCCc1cccs1)Cc1ccc(Cl)c(F)c1. The van der Waals surface area contributed by atoms with Crippen LogP contribution in [0.25, 0.3) is 0 Å². The summed E-state index contributed by atoms with van der Waals surface area (Å²) in [6.45, 7) is 3.04. The molecule has 1 N–H and O–H groups in total. The number of rotatable bonds is 8. The lowest BCUT2D eigenvalue weighted by Gasteiger charge is -2.18. The Morgan fingerprint density at radius 2 is 2.19 bits per heavy atom. The summed E-state index contributed by atoms with van der Waals surface area (Å²) >= 11 is 7.54. The molecule has 0 aliphatic heterocycles. The van der Waals surface area contributed by atoms with Crippen LogP contribution in [0.4, 0.5) is 4.39 Å². The number of aryl methyl sites for hydroxylation is 1. The van der Waals surface area contributed by atoms with Crippen LogP contribution in [0.3, 0.4) is 0 Å². The van der Waals surface area contributed by atoms with Crippen LogP contribution < -0.4 is 5.32 Å². The Kier molecular flexibility index (Phi) is 6.68. The quantitative estimate of drug-likeness (QED) is 0.713. The van der Waals surface area contributed by atoms with E-state index in [-0.39, 0.29) is 10.8 Å². The monoisotopic (exact) mass is 325 g/mol. The van der Waals surface area contributed by atoms with E-state index >= 15 is 0 Å². The zero-order valence-corrected chi connectivity index (χ0v) is 13.8. The lowest BCUT2D eigenvalue weighted by Crippen LogP contribution is -2.31. The summed E-state index contributed by atoms with van der Waals surface area (Å²) in [5, 5.41) is 5.80. The van der Waals surface area contributed by atoms with Gasteiger partial charge in [0.2, 0.25) is 0 Å². The van der Waals surface area contributed by atoms with E-state index in [1.165, 1.54) is 4.88 Å². The summed E-state index contributed by atoms with van der Waals surface area (Å²) < 4.78 is 13.5. The third kappa shape index (κ3) is 5.42. The van der Waals surface area contributed by atoms with Gasteiger partial charge in [-0.25, -0.2) is 4.39 Å². The first-order valence-corrected chi connectivity index (χ1v) is 8.64. The minimum atomic E-state index is -0.331. The van der Waals surface area contributed by atoms with Gasteiger partial charge in [0.15, 0.2) is 0 Å². The largest absolute Gasteiger partial charge is 0.314 e. The minimum Gasteiger partial charge on any atom is -0.314 e. The van der Waals surface area contributed by atoms with Crippen LogP contribution >= 0.6 is 22.9 Å². The van der Waals surface area contributed by atoms with Crippen LogP contribution in [0.2, 0.25) is 5.02 Å². The van der Waals surface area contributed by atoms with Crippen molar-refractivity contribution >= 4 is 22.9 Å². The van der Waals surface area contributed by atoms with Gasteiger partial charge in [-0.2, -0.15) is 0 Å². The topological polar surface area (TPSA) is 12.0 Å². The maximum absolute atomic E-state index is 13.5. The molecule has 4 heteroatoms. The predicted octanol–water partition coefficient (Wildman–Crippen LogP) is 5.08. The van der Waals surface area contributed by atoms with E-state index in [1.54, 1.807) is 12.1 Å². The molecule has 0 spiro atoms. The molecule has 1 heterocycles. The maximum Gasteiger partial charge on any atom is 0.142 e. The number of thiophene rings is 1. The highest BCUT2D eigenvalue weighted by Gasteiger charge is 2.10. The van der Waals surface area contributed by atoms with Crippen LogP contribution in [-0.2, 0) is 12.8 Å². The summed E-state index contributed by atoms with van der Waals surface area (Å²) in [6.07, 6.45) is 4.20. The number of benzene rings is 1. The third-order valence-corrected chi connectivity index (χ3v) is 4.76. The van der Waals surface area contributed by atoms with Gasteiger partial charge in [0, 0.05) is 10.9 Å². The Labute approximate surface area is 135 Å². The summed E-state index contributed by atoms with van der Waals surface area (Å²) in [6, 6.07) is 9.76. The second kappa shape index (κ2) is 8.52. The lowest BCUT2D eigenvalue weighted by molar-refractivity contribution is 0.476. The van der Waals surface area contributed by atoms with E-state index in [2.05, 4.69) is 29.8 Å². The first kappa shape index (κ1) is 16.5. The number of likely N-dealkylation sites (N-methyl/N-ethyl adjacent to an activating group) is 1. The van der Waals surface area contributed by atoms with Crippen LogP contribution in [0.1, 0.15) is 30.2 Å². The van der Waals surface area contributed by atoms with Crippen molar-refractivity contribution in [3.8, 4) is 0 Å². The van der Waals surface area contributed by atoms with E-state index in [4.69, 9.17) is 11.6 Å². The molecule has 1 unspecified atom stereocenters. The van der Waals surface area contributed by atoms with Crippen LogP contribution in [0.15, 0.2) is 35.7 Å². The minimum absolute atomic E-state index is 0.191. The van der Waals surface area contributed by atoms with Crippen molar-refractivity contribution in [2.75, 3.05) is 6.54 Å². The molecule has 0 aliphatic rings. The second-order valence-electron chi connectivity index (χ2n) is 5.18. The molecule has 0 aliphatic carbocycles. The molecule has 0 amide bonds. The molecule has 1 aromatic heterocycles. The molecule has 0 radical (unpaired) electrons. The predicted molar refractivity (Wildman–Crippen MR) is 89.8 cm³/mol. The van der Waals surface area contributed by atoms with Crippen molar-refractivity contribution in [1.29, 1.82) is 0 Å². The molecule has 0 bridgehead atoms. The standard InChI is InChI=1S/C17H21ClFNS/c1-2-20-14(5-3-6-15-7-4-10-21-15)11-13-8-9-16(18)17(19)12-13/h4,7-10,12,14,20H,2-3,5-6,11H2,1H3. The van der Waals surface area contributed by atoms with Gasteiger partial charge in [-0.15, -0.1) is 11.3 Å². The third-order valence-electron chi connectivity index (χ3n) is 3.51. The normalized spacial score (nSPS) is 12.5. The van der Waals surface area contributed by atoms with Gasteiger partial charge < -0.3 is 5.32 Å². The first-order valence-electron chi connectivity index (χ1n) is 7.38. The highest BCUT2D eigenvalue weighted by atomic mass is 35.5. The molecule has 1 atom stereocenters. The van der Waals surface area contributed by atoms with Crippen molar-refractivity contribution in [3.63, 3.8) is 0 Å². The van der Waals surface area contributed by atoms with Gasteiger partial charge in [0.25, 0.3) is 0 Å². The smallest absolute Gasteiger partial charge is 0.142 e. The highest BCUT2D eigenvalue weighted by Crippen LogP contribution is 2.18. The summed E-state index contributed by atoms with van der Waals surface area (Å²) in [5.74, 6) is -0.331. The zero-order valence-electron chi connectivity index (χ0n) is 12.2. The highest BCUT2D eigenvalue weighted by molar-refractivity contribution is 7.09. The van der Waals surface area contributed by atoms with Gasteiger partial charge in [-0.1, -0.05) is 30.7 Å². The molecule has 1 aromatic carbocycles. The number of halogens is 2. The summed E-state index contributed by atoms with van der Waals surface area (Å²) in [4.78, 5) is 1.43. The molecule has 2 aromatic rings. The fraction of sp³-hybridized carbons (Fsp3) is 0.412. The van der Waals surface area contributed by atoms with E-state index in [0.717, 1.165) is 37.8 Å². The Morgan fingerprint density at radius 3 is 2.86 bits per heavy atom. The molecular formula is C17H21ClFNS. The number of nitrogens with one attached hydrogen (secondary N) is 1. The zero-order chi connectivity index (χ0) is 15.1. The maximum atomic E-state index is 13.5. The van der Waals surface area contributed by atoms with Gasteiger partial charge in [0.1, 0.15) is 5.82 Å². The van der Waals surface area contributed by atoms with E-state index in [1.807, 2.05) is 17.4 Å². The van der Waals surface area contributed by atoms with Crippen molar-refractivity contribution in [3.05, 3.63) is 57.0 Å². The van der Waals surface area contributed by atoms with Gasteiger partial charge in [-0.3, -0.25) is 0 Å². The fourth-order valence-corrected chi connectivity index (χ4v) is 3.36. The molecule has 114 valence electrons. The van der Waals surface area contributed by atoms with Crippen LogP contribution in [0, 0.1) is 5.82 Å². The van der Waals surface area contributed by atoms with Crippen LogP contribution in [-0.4, -0.2) is 12.6 Å². The fourth-order valence-electron chi connectivity index (χ4n) is 2.49. The summed E-state index contributed by atoms with van der Waals surface area (Å²) in [7, 11) is 0. The van der Waals surface area contributed by atoms with Crippen molar-refractivity contribution in [1.82, 2.24) is 5.32 Å². The second-order valence-corrected chi connectivity index (χ2v) is 6.62. The van der Waals surface area contributed by atoms with E-state index in [0.29, 0.717) is 6.04 Å². The average Bonchev–Trinajstić information content (AvgIpc) is 2.96. The molecule has 0 saturated carbocycles. The molecule has 0 fully saturated rings. The Balaban J connectivity index is 1.87. The average molecular weight is 326 g/mol. The number of hydrogen-bond donors (Lipinski definition) is 1. The van der Waals surface area contributed by atoms with Crippen molar-refractivity contribution in [2.45, 2.75) is 38.6 Å². The van der Waals surface area contributed by atoms with Gasteiger partial charge >= 0.3 is 0 Å². The molecule has 21 heavy (non-hydrogen) atoms. The lowest BCUT2D eigenvalue weighted by atomic mass is 10.0. The van der Waals surface area contributed by atoms with Gasteiger partial charge in [-0.05, 0) is 61.4 Å². The Hall–Kier alpha value is -0.900. The first-order chi connectivity index (χ1) is 10.2. The Bertz CT molecular complexity index is 542. The van der Waals surface area contributed by atoms with E-state index in [9.17, 15) is 4.39 Å². The summed E-state index contributed by atoms with van der Waals surface area (Å²) in [5.41, 5.74) is 0.999. The Morgan fingerprint density at radius 1 is 1.33 bits per heavy atom. The molecular weight excluding hydrogens is 305 g/mol. The number of hydrogen-bond acceptors (Lipinski definition) is 2. The van der Waals surface area contributed by atoms with E-state index < -0.39 is 0 Å².